The molecule has 1 fully saturated rings. The van der Waals surface area contributed by atoms with Crippen molar-refractivity contribution >= 4 is 11.9 Å². The first-order chi connectivity index (χ1) is 9.65. The highest BCUT2D eigenvalue weighted by Gasteiger charge is 2.24. The van der Waals surface area contributed by atoms with Gasteiger partial charge in [-0.2, -0.15) is 0 Å². The molecule has 0 aromatic heterocycles. The van der Waals surface area contributed by atoms with Crippen molar-refractivity contribution in [2.75, 3.05) is 13.2 Å². The third kappa shape index (κ3) is 4.35. The molecule has 5 nitrogen and oxygen atoms in total. The molecule has 1 aromatic rings. The maximum Gasteiger partial charge on any atom is 0.323 e. The van der Waals surface area contributed by atoms with Crippen LogP contribution in [0, 0.1) is 0 Å². The molecule has 0 aliphatic carbocycles. The fraction of sp³-hybridized carbons (Fsp3) is 0.467. The minimum Gasteiger partial charge on any atom is -0.480 e. The lowest BCUT2D eigenvalue weighted by Crippen LogP contribution is -2.36. The van der Waals surface area contributed by atoms with E-state index in [-0.39, 0.29) is 25.0 Å². The van der Waals surface area contributed by atoms with Gasteiger partial charge in [-0.15, -0.1) is 0 Å². The smallest absolute Gasteiger partial charge is 0.323 e. The Morgan fingerprint density at radius 3 is 2.65 bits per heavy atom. The maximum absolute atomic E-state index is 12.2. The molecule has 0 spiro atoms. The number of carbonyl (C=O) groups excluding carboxylic acids is 1. The molecule has 108 valence electrons. The lowest BCUT2D eigenvalue weighted by atomic mass is 10.1. The highest BCUT2D eigenvalue weighted by Crippen LogP contribution is 2.17. The Labute approximate surface area is 118 Å². The van der Waals surface area contributed by atoms with Crippen molar-refractivity contribution < 1.29 is 19.4 Å². The van der Waals surface area contributed by atoms with Crippen molar-refractivity contribution in [3.63, 3.8) is 0 Å². The molecule has 0 saturated carbocycles. The van der Waals surface area contributed by atoms with E-state index in [2.05, 4.69) is 0 Å². The van der Waals surface area contributed by atoms with Crippen LogP contribution in [-0.4, -0.2) is 41.1 Å². The van der Waals surface area contributed by atoms with Gasteiger partial charge in [0.15, 0.2) is 0 Å². The zero-order chi connectivity index (χ0) is 14.4. The van der Waals surface area contributed by atoms with Crippen LogP contribution >= 0.6 is 0 Å². The molecule has 1 atom stereocenters. The Morgan fingerprint density at radius 2 is 2.05 bits per heavy atom. The van der Waals surface area contributed by atoms with E-state index in [1.54, 1.807) is 0 Å². The molecule has 20 heavy (non-hydrogen) atoms. The summed E-state index contributed by atoms with van der Waals surface area (Å²) in [4.78, 5) is 24.5. The van der Waals surface area contributed by atoms with E-state index in [1.807, 2.05) is 30.3 Å². The second kappa shape index (κ2) is 7.05. The average Bonchev–Trinajstić information content (AvgIpc) is 2.91. The molecule has 1 N–H and O–H groups in total. The standard InChI is InChI=1S/C15H19NO4/c17-14(9-13-7-4-8-20-13)16(11-15(18)19)10-12-5-2-1-3-6-12/h1-3,5-6,13H,4,7-11H2,(H,18,19). The highest BCUT2D eigenvalue weighted by atomic mass is 16.5. The van der Waals surface area contributed by atoms with Crippen molar-refractivity contribution in [2.24, 2.45) is 0 Å². The number of hydrogen-bond acceptors (Lipinski definition) is 3. The van der Waals surface area contributed by atoms with Gasteiger partial charge in [0.1, 0.15) is 6.54 Å². The van der Waals surface area contributed by atoms with E-state index in [0.29, 0.717) is 13.2 Å². The van der Waals surface area contributed by atoms with E-state index in [9.17, 15) is 9.59 Å². The molecule has 1 unspecified atom stereocenters. The summed E-state index contributed by atoms with van der Waals surface area (Å²) >= 11 is 0. The first-order valence-corrected chi connectivity index (χ1v) is 6.80. The van der Waals surface area contributed by atoms with E-state index in [0.717, 1.165) is 18.4 Å². The summed E-state index contributed by atoms with van der Waals surface area (Å²) in [5, 5.41) is 8.95. The zero-order valence-electron chi connectivity index (χ0n) is 11.3. The number of carbonyl (C=O) groups is 2. The molecule has 1 aliphatic rings. The van der Waals surface area contributed by atoms with Gasteiger partial charge in [-0.3, -0.25) is 9.59 Å². The molecular weight excluding hydrogens is 258 g/mol. The first kappa shape index (κ1) is 14.5. The fourth-order valence-electron chi connectivity index (χ4n) is 2.33. The fourth-order valence-corrected chi connectivity index (χ4v) is 2.33. The topological polar surface area (TPSA) is 66.8 Å². The number of nitrogens with zero attached hydrogens (tertiary/aromatic N) is 1. The van der Waals surface area contributed by atoms with Gasteiger partial charge in [-0.05, 0) is 18.4 Å². The van der Waals surface area contributed by atoms with Crippen LogP contribution in [0.3, 0.4) is 0 Å². The Bertz CT molecular complexity index is 454. The van der Waals surface area contributed by atoms with Crippen LogP contribution in [0.1, 0.15) is 24.8 Å². The van der Waals surface area contributed by atoms with Crippen LogP contribution in [0.5, 0.6) is 0 Å². The first-order valence-electron chi connectivity index (χ1n) is 6.80. The zero-order valence-corrected chi connectivity index (χ0v) is 11.3. The molecule has 1 aromatic carbocycles. The quantitative estimate of drug-likeness (QED) is 0.859. The SMILES string of the molecule is O=C(O)CN(Cc1ccccc1)C(=O)CC1CCCO1. The number of aliphatic carboxylic acids is 1. The van der Waals surface area contributed by atoms with Crippen LogP contribution in [0.4, 0.5) is 0 Å². The maximum atomic E-state index is 12.2. The van der Waals surface area contributed by atoms with Crippen LogP contribution in [0.15, 0.2) is 30.3 Å². The van der Waals surface area contributed by atoms with Crippen molar-refractivity contribution in [3.8, 4) is 0 Å². The van der Waals surface area contributed by atoms with Gasteiger partial charge >= 0.3 is 5.97 Å². The van der Waals surface area contributed by atoms with Gasteiger partial charge < -0.3 is 14.7 Å². The van der Waals surface area contributed by atoms with Gasteiger partial charge in [-0.1, -0.05) is 30.3 Å². The van der Waals surface area contributed by atoms with Crippen molar-refractivity contribution in [3.05, 3.63) is 35.9 Å². The monoisotopic (exact) mass is 277 g/mol. The minimum atomic E-state index is -0.998. The van der Waals surface area contributed by atoms with E-state index >= 15 is 0 Å². The highest BCUT2D eigenvalue weighted by molar-refractivity contribution is 5.81. The Kier molecular flexibility index (Phi) is 5.12. The van der Waals surface area contributed by atoms with E-state index in [1.165, 1.54) is 4.90 Å². The summed E-state index contributed by atoms with van der Waals surface area (Å²) in [6.07, 6.45) is 2.04. The molecule has 1 saturated heterocycles. The van der Waals surface area contributed by atoms with Crippen molar-refractivity contribution in [1.29, 1.82) is 0 Å². The molecule has 1 aliphatic heterocycles. The summed E-state index contributed by atoms with van der Waals surface area (Å²) in [5.74, 6) is -1.16. The van der Waals surface area contributed by atoms with Gasteiger partial charge in [0.25, 0.3) is 0 Å². The molecule has 0 bridgehead atoms. The number of carboxylic acids is 1. The average molecular weight is 277 g/mol. The minimum absolute atomic E-state index is 0.0606. The summed E-state index contributed by atoms with van der Waals surface area (Å²) < 4.78 is 5.43. The van der Waals surface area contributed by atoms with Crippen LogP contribution < -0.4 is 0 Å². The molecule has 0 radical (unpaired) electrons. The third-order valence-electron chi connectivity index (χ3n) is 3.32. The number of hydrogen-bond donors (Lipinski definition) is 1. The summed E-state index contributed by atoms with van der Waals surface area (Å²) in [6, 6.07) is 9.40. The van der Waals surface area contributed by atoms with Crippen LogP contribution in [-0.2, 0) is 20.9 Å². The molecular formula is C15H19NO4. The predicted octanol–water partition coefficient (Wildman–Crippen LogP) is 1.67. The van der Waals surface area contributed by atoms with Gasteiger partial charge in [0.05, 0.1) is 12.5 Å². The largest absolute Gasteiger partial charge is 0.480 e. The number of ether oxygens (including phenoxy) is 1. The molecule has 1 heterocycles. The van der Waals surface area contributed by atoms with Gasteiger partial charge in [0, 0.05) is 13.2 Å². The molecule has 2 rings (SSSR count). The number of benzene rings is 1. The van der Waals surface area contributed by atoms with Crippen LogP contribution in [0.25, 0.3) is 0 Å². The normalized spacial score (nSPS) is 17.9. The Hall–Kier alpha value is -1.88. The van der Waals surface area contributed by atoms with Crippen molar-refractivity contribution in [2.45, 2.75) is 31.9 Å². The second-order valence-electron chi connectivity index (χ2n) is 4.97. The van der Waals surface area contributed by atoms with E-state index in [4.69, 9.17) is 9.84 Å². The van der Waals surface area contributed by atoms with Crippen molar-refractivity contribution in [1.82, 2.24) is 4.90 Å². The lowest BCUT2D eigenvalue weighted by molar-refractivity contribution is -0.145. The number of rotatable bonds is 6. The second-order valence-corrected chi connectivity index (χ2v) is 4.97. The number of amides is 1. The van der Waals surface area contributed by atoms with E-state index < -0.39 is 5.97 Å². The Morgan fingerprint density at radius 1 is 1.30 bits per heavy atom. The van der Waals surface area contributed by atoms with Crippen LogP contribution in [0.2, 0.25) is 0 Å². The lowest BCUT2D eigenvalue weighted by Gasteiger charge is -2.22. The number of carboxylic acid groups (broad SMARTS) is 1. The van der Waals surface area contributed by atoms with Gasteiger partial charge in [-0.25, -0.2) is 0 Å². The molecule has 5 heteroatoms. The third-order valence-corrected chi connectivity index (χ3v) is 3.32. The Balaban J connectivity index is 1.98. The summed E-state index contributed by atoms with van der Waals surface area (Å²) in [7, 11) is 0. The predicted molar refractivity (Wildman–Crippen MR) is 73.1 cm³/mol. The van der Waals surface area contributed by atoms with Gasteiger partial charge in [0.2, 0.25) is 5.91 Å². The molecule has 1 amide bonds. The summed E-state index contributed by atoms with van der Waals surface area (Å²) in [6.45, 7) is 0.731. The summed E-state index contributed by atoms with van der Waals surface area (Å²) in [5.41, 5.74) is 0.925.